The van der Waals surface area contributed by atoms with Gasteiger partial charge in [0, 0.05) is 11.7 Å². The van der Waals surface area contributed by atoms with Crippen molar-refractivity contribution in [2.75, 3.05) is 15.7 Å². The maximum atomic E-state index is 13.4. The van der Waals surface area contributed by atoms with Gasteiger partial charge in [0.15, 0.2) is 0 Å². The fourth-order valence-electron chi connectivity index (χ4n) is 3.79. The number of fused-ring (bicyclic) bond motifs is 1. The molecule has 0 aliphatic carbocycles. The number of hydrogen-bond acceptors (Lipinski definition) is 3. The van der Waals surface area contributed by atoms with Gasteiger partial charge in [0.1, 0.15) is 12.4 Å². The van der Waals surface area contributed by atoms with E-state index in [4.69, 9.17) is 0 Å². The summed E-state index contributed by atoms with van der Waals surface area (Å²) in [4.78, 5) is 14.9. The van der Waals surface area contributed by atoms with Crippen molar-refractivity contribution in [3.63, 3.8) is 0 Å². The second-order valence-electron chi connectivity index (χ2n) is 7.25. The van der Waals surface area contributed by atoms with E-state index in [1.54, 1.807) is 35.2 Å². The molecule has 0 N–H and O–H groups in total. The van der Waals surface area contributed by atoms with E-state index in [0.29, 0.717) is 5.69 Å². The Balaban J connectivity index is 1.71. The van der Waals surface area contributed by atoms with E-state index in [-0.39, 0.29) is 23.4 Å². The van der Waals surface area contributed by atoms with Gasteiger partial charge in [-0.05, 0) is 61.4 Å². The van der Waals surface area contributed by atoms with Gasteiger partial charge in [-0.3, -0.25) is 9.10 Å². The summed E-state index contributed by atoms with van der Waals surface area (Å²) in [5.74, 6) is -0.847. The van der Waals surface area contributed by atoms with Crippen molar-refractivity contribution in [3.8, 4) is 0 Å². The highest BCUT2D eigenvalue weighted by atomic mass is 32.2. The lowest BCUT2D eigenvalue weighted by Crippen LogP contribution is -2.45. The maximum Gasteiger partial charge on any atom is 0.264 e. The lowest BCUT2D eigenvalue weighted by molar-refractivity contribution is -0.117. The molecule has 4 rings (SSSR count). The average molecular weight is 424 g/mol. The van der Waals surface area contributed by atoms with Crippen LogP contribution in [0, 0.1) is 5.82 Å². The first-order valence-electron chi connectivity index (χ1n) is 9.61. The number of anilines is 2. The molecule has 0 spiro atoms. The number of carbonyl (C=O) groups is 1. The first-order valence-corrected chi connectivity index (χ1v) is 11.1. The highest BCUT2D eigenvalue weighted by Crippen LogP contribution is 2.33. The highest BCUT2D eigenvalue weighted by molar-refractivity contribution is 7.92. The van der Waals surface area contributed by atoms with Gasteiger partial charge >= 0.3 is 0 Å². The van der Waals surface area contributed by atoms with E-state index < -0.39 is 15.8 Å². The van der Waals surface area contributed by atoms with Gasteiger partial charge in [-0.25, -0.2) is 12.8 Å². The Morgan fingerprint density at radius 2 is 1.63 bits per heavy atom. The molecule has 1 aliphatic heterocycles. The number of para-hydroxylation sites is 2. The largest absolute Gasteiger partial charge is 0.307 e. The number of rotatable bonds is 5. The number of hydrogen-bond donors (Lipinski definition) is 0. The van der Waals surface area contributed by atoms with Crippen LogP contribution in [0.4, 0.5) is 15.8 Å². The predicted molar refractivity (Wildman–Crippen MR) is 114 cm³/mol. The van der Waals surface area contributed by atoms with Gasteiger partial charge in [0.05, 0.1) is 10.6 Å². The second-order valence-corrected chi connectivity index (χ2v) is 9.11. The average Bonchev–Trinajstić information content (AvgIpc) is 3.08. The molecule has 0 bridgehead atoms. The van der Waals surface area contributed by atoms with Crippen LogP contribution in [0.15, 0.2) is 83.8 Å². The van der Waals surface area contributed by atoms with Crippen molar-refractivity contribution in [2.45, 2.75) is 24.3 Å². The minimum absolute atomic E-state index is 0.0685. The molecule has 1 heterocycles. The molecular weight excluding hydrogens is 403 g/mol. The predicted octanol–water partition coefficient (Wildman–Crippen LogP) is 4.00. The van der Waals surface area contributed by atoms with E-state index in [1.807, 2.05) is 31.2 Å². The summed E-state index contributed by atoms with van der Waals surface area (Å²) < 4.78 is 41.1. The van der Waals surface area contributed by atoms with E-state index in [9.17, 15) is 17.6 Å². The fourth-order valence-corrected chi connectivity index (χ4v) is 5.20. The first kappa shape index (κ1) is 20.1. The molecule has 1 aliphatic rings. The van der Waals surface area contributed by atoms with Crippen LogP contribution in [-0.4, -0.2) is 26.9 Å². The van der Waals surface area contributed by atoms with E-state index >= 15 is 0 Å². The SMILES string of the molecule is C[C@H]1Cc2ccccc2N1C(=O)CN(c1ccccc1)S(=O)(=O)c1ccc(F)cc1. The third kappa shape index (κ3) is 3.68. The van der Waals surface area contributed by atoms with Crippen molar-refractivity contribution < 1.29 is 17.6 Å². The maximum absolute atomic E-state index is 13.4. The van der Waals surface area contributed by atoms with Gasteiger partial charge in [-0.1, -0.05) is 36.4 Å². The molecule has 0 radical (unpaired) electrons. The molecule has 5 nitrogen and oxygen atoms in total. The lowest BCUT2D eigenvalue weighted by Gasteiger charge is -2.28. The molecular formula is C23H21FN2O3S. The summed E-state index contributed by atoms with van der Waals surface area (Å²) in [6.45, 7) is 1.58. The Morgan fingerprint density at radius 1 is 1.00 bits per heavy atom. The molecule has 1 amide bonds. The highest BCUT2D eigenvalue weighted by Gasteiger charge is 2.34. The van der Waals surface area contributed by atoms with Crippen LogP contribution >= 0.6 is 0 Å². The van der Waals surface area contributed by atoms with Crippen LogP contribution in [0.2, 0.25) is 0 Å². The first-order chi connectivity index (χ1) is 14.4. The molecule has 7 heteroatoms. The normalized spacial score (nSPS) is 15.7. The molecule has 0 fully saturated rings. The quantitative estimate of drug-likeness (QED) is 0.622. The Morgan fingerprint density at radius 3 is 2.33 bits per heavy atom. The molecule has 1 atom stereocenters. The monoisotopic (exact) mass is 424 g/mol. The second kappa shape index (κ2) is 7.91. The summed E-state index contributed by atoms with van der Waals surface area (Å²) in [7, 11) is -4.07. The van der Waals surface area contributed by atoms with E-state index in [0.717, 1.165) is 34.1 Å². The summed E-state index contributed by atoms with van der Waals surface area (Å²) in [6, 6.07) is 20.6. The number of carbonyl (C=O) groups excluding carboxylic acids is 1. The van der Waals surface area contributed by atoms with Crippen molar-refractivity contribution >= 4 is 27.3 Å². The van der Waals surface area contributed by atoms with Gasteiger partial charge in [0.2, 0.25) is 5.91 Å². The van der Waals surface area contributed by atoms with Gasteiger partial charge < -0.3 is 4.90 Å². The topological polar surface area (TPSA) is 57.7 Å². The van der Waals surface area contributed by atoms with Gasteiger partial charge in [-0.15, -0.1) is 0 Å². The van der Waals surface area contributed by atoms with Crippen molar-refractivity contribution in [3.05, 3.63) is 90.2 Å². The molecule has 0 aromatic heterocycles. The van der Waals surface area contributed by atoms with Crippen LogP contribution in [0.1, 0.15) is 12.5 Å². The number of amides is 1. The van der Waals surface area contributed by atoms with E-state index in [2.05, 4.69) is 0 Å². The van der Waals surface area contributed by atoms with Crippen LogP contribution in [0.25, 0.3) is 0 Å². The number of nitrogens with zero attached hydrogens (tertiary/aromatic N) is 2. The third-order valence-corrected chi connectivity index (χ3v) is 6.99. The molecule has 0 unspecified atom stereocenters. The van der Waals surface area contributed by atoms with Crippen LogP contribution < -0.4 is 9.21 Å². The fraction of sp³-hybridized carbons (Fsp3) is 0.174. The number of benzene rings is 3. The van der Waals surface area contributed by atoms with Crippen LogP contribution in [-0.2, 0) is 21.2 Å². The zero-order valence-corrected chi connectivity index (χ0v) is 17.2. The lowest BCUT2D eigenvalue weighted by atomic mass is 10.1. The summed E-state index contributed by atoms with van der Waals surface area (Å²) in [5.41, 5.74) is 2.24. The molecule has 0 saturated heterocycles. The minimum atomic E-state index is -4.07. The van der Waals surface area contributed by atoms with Crippen molar-refractivity contribution in [2.24, 2.45) is 0 Å². The smallest absolute Gasteiger partial charge is 0.264 e. The molecule has 3 aromatic carbocycles. The Hall–Kier alpha value is -3.19. The Bertz CT molecular complexity index is 1160. The summed E-state index contributed by atoms with van der Waals surface area (Å²) >= 11 is 0. The van der Waals surface area contributed by atoms with Gasteiger partial charge in [-0.2, -0.15) is 0 Å². The third-order valence-electron chi connectivity index (χ3n) is 5.20. The van der Waals surface area contributed by atoms with Crippen LogP contribution in [0.3, 0.4) is 0 Å². The number of sulfonamides is 1. The van der Waals surface area contributed by atoms with E-state index in [1.165, 1.54) is 12.1 Å². The zero-order valence-electron chi connectivity index (χ0n) is 16.4. The summed E-state index contributed by atoms with van der Waals surface area (Å²) in [6.07, 6.45) is 0.720. The number of halogens is 1. The Kier molecular flexibility index (Phi) is 5.30. The molecule has 0 saturated carbocycles. The molecule has 30 heavy (non-hydrogen) atoms. The zero-order chi connectivity index (χ0) is 21.3. The van der Waals surface area contributed by atoms with Crippen LogP contribution in [0.5, 0.6) is 0 Å². The summed E-state index contributed by atoms with van der Waals surface area (Å²) in [5, 5.41) is 0. The Labute approximate surface area is 175 Å². The molecule has 154 valence electrons. The molecule has 3 aromatic rings. The van der Waals surface area contributed by atoms with Crippen molar-refractivity contribution in [1.29, 1.82) is 0 Å². The standard InChI is InChI=1S/C23H21FN2O3S/c1-17-15-18-7-5-6-10-22(18)26(17)23(27)16-25(20-8-3-2-4-9-20)30(28,29)21-13-11-19(24)12-14-21/h2-14,17H,15-16H2,1H3/t17-/m0/s1. The van der Waals surface area contributed by atoms with Gasteiger partial charge in [0.25, 0.3) is 10.0 Å². The minimum Gasteiger partial charge on any atom is -0.307 e. The van der Waals surface area contributed by atoms with Crippen molar-refractivity contribution in [1.82, 2.24) is 0 Å².